The summed E-state index contributed by atoms with van der Waals surface area (Å²) in [5.41, 5.74) is 2.39. The highest BCUT2D eigenvalue weighted by atomic mass is 16.5. The molecule has 3 aliphatic rings. The molecule has 162 valence electrons. The third-order valence-corrected chi connectivity index (χ3v) is 6.50. The lowest BCUT2D eigenvalue weighted by Crippen LogP contribution is -2.38. The number of allylic oxidation sites excluding steroid dienone is 2. The van der Waals surface area contributed by atoms with Gasteiger partial charge in [0, 0.05) is 11.3 Å². The maximum Gasteiger partial charge on any atom is 0.326 e. The van der Waals surface area contributed by atoms with E-state index in [-0.39, 0.29) is 35.5 Å². The van der Waals surface area contributed by atoms with Crippen molar-refractivity contribution in [2.45, 2.75) is 6.42 Å². The number of hydrogen-bond acceptors (Lipinski definition) is 5. The molecule has 5 rings (SSSR count). The summed E-state index contributed by atoms with van der Waals surface area (Å²) in [6.45, 7) is -0.962. The van der Waals surface area contributed by atoms with Gasteiger partial charge in [-0.2, -0.15) is 0 Å². The van der Waals surface area contributed by atoms with Crippen LogP contribution in [-0.2, 0) is 23.9 Å². The number of anilines is 1. The summed E-state index contributed by atoms with van der Waals surface area (Å²) in [7, 11) is 0. The number of carbonyl (C=O) groups excluding carboxylic acids is 4. The molecule has 1 heterocycles. The van der Waals surface area contributed by atoms with E-state index in [1.54, 1.807) is 12.1 Å². The summed E-state index contributed by atoms with van der Waals surface area (Å²) in [6.07, 6.45) is 4.82. The Balaban J connectivity index is 1.17. The number of hydrogen-bond donors (Lipinski definition) is 1. The average Bonchev–Trinajstić information content (AvgIpc) is 3.49. The molecular formula is C25H22N2O5. The molecular weight excluding hydrogens is 408 g/mol. The van der Waals surface area contributed by atoms with Gasteiger partial charge in [-0.25, -0.2) is 0 Å². The van der Waals surface area contributed by atoms with Gasteiger partial charge in [-0.05, 0) is 29.9 Å². The Labute approximate surface area is 185 Å². The first kappa shape index (κ1) is 20.2. The zero-order chi connectivity index (χ0) is 22.2. The Morgan fingerprint density at radius 3 is 2.22 bits per heavy atom. The number of likely N-dealkylation sites (tertiary alicyclic amines) is 1. The van der Waals surface area contributed by atoms with Crippen molar-refractivity contribution < 1.29 is 23.9 Å². The molecule has 0 radical (unpaired) electrons. The first-order valence-corrected chi connectivity index (χ1v) is 10.7. The molecule has 7 heteroatoms. The maximum absolute atomic E-state index is 12.7. The van der Waals surface area contributed by atoms with Crippen LogP contribution in [0.2, 0.25) is 0 Å². The van der Waals surface area contributed by atoms with Crippen LogP contribution in [0.5, 0.6) is 0 Å². The highest BCUT2D eigenvalue weighted by Gasteiger charge is 2.59. The van der Waals surface area contributed by atoms with Crippen molar-refractivity contribution >= 4 is 29.4 Å². The van der Waals surface area contributed by atoms with Gasteiger partial charge in [-0.1, -0.05) is 60.7 Å². The van der Waals surface area contributed by atoms with Gasteiger partial charge >= 0.3 is 5.97 Å². The smallest absolute Gasteiger partial charge is 0.326 e. The second-order valence-corrected chi connectivity index (χ2v) is 8.38. The van der Waals surface area contributed by atoms with Gasteiger partial charge in [0.25, 0.3) is 5.91 Å². The van der Waals surface area contributed by atoms with Crippen molar-refractivity contribution in [3.63, 3.8) is 0 Å². The number of esters is 1. The van der Waals surface area contributed by atoms with E-state index >= 15 is 0 Å². The van der Waals surface area contributed by atoms with Crippen LogP contribution in [0.15, 0.2) is 66.7 Å². The topological polar surface area (TPSA) is 92.8 Å². The Morgan fingerprint density at radius 1 is 0.906 bits per heavy atom. The first-order valence-electron chi connectivity index (χ1n) is 10.7. The highest BCUT2D eigenvalue weighted by molar-refractivity contribution is 6.08. The van der Waals surface area contributed by atoms with E-state index in [0.29, 0.717) is 5.69 Å². The Bertz CT molecular complexity index is 1100. The number of nitrogens with zero attached hydrogens (tertiary/aromatic N) is 1. The Hall–Kier alpha value is -3.74. The highest BCUT2D eigenvalue weighted by Crippen LogP contribution is 2.52. The van der Waals surface area contributed by atoms with E-state index in [2.05, 4.69) is 5.32 Å². The quantitative estimate of drug-likeness (QED) is 0.432. The van der Waals surface area contributed by atoms with Crippen LogP contribution in [-0.4, -0.2) is 41.7 Å². The van der Waals surface area contributed by atoms with E-state index in [1.807, 2.05) is 54.6 Å². The molecule has 1 saturated carbocycles. The lowest BCUT2D eigenvalue weighted by atomic mass is 9.85. The van der Waals surface area contributed by atoms with Crippen LogP contribution in [0.1, 0.15) is 6.42 Å². The van der Waals surface area contributed by atoms with E-state index in [9.17, 15) is 19.2 Å². The second kappa shape index (κ2) is 8.07. The molecule has 4 unspecified atom stereocenters. The fourth-order valence-corrected chi connectivity index (χ4v) is 5.09. The van der Waals surface area contributed by atoms with Crippen LogP contribution >= 0.6 is 0 Å². The molecule has 1 N–H and O–H groups in total. The number of benzene rings is 2. The SMILES string of the molecule is O=C(COC(=O)CN1C(=O)C2C3C=CC(C3)C2C1=O)Nc1ccccc1-c1ccccc1. The largest absolute Gasteiger partial charge is 0.454 e. The number of para-hydroxylation sites is 1. The van der Waals surface area contributed by atoms with Crippen LogP contribution < -0.4 is 5.32 Å². The van der Waals surface area contributed by atoms with Crippen LogP contribution in [0.25, 0.3) is 11.1 Å². The van der Waals surface area contributed by atoms with Gasteiger partial charge in [0.05, 0.1) is 11.8 Å². The Kier molecular flexibility index (Phi) is 5.09. The van der Waals surface area contributed by atoms with Crippen LogP contribution in [0.3, 0.4) is 0 Å². The van der Waals surface area contributed by atoms with Crippen molar-refractivity contribution in [3.8, 4) is 11.1 Å². The normalized spacial score (nSPS) is 25.2. The maximum atomic E-state index is 12.7. The summed E-state index contributed by atoms with van der Waals surface area (Å²) in [5.74, 6) is -2.45. The molecule has 1 saturated heterocycles. The minimum atomic E-state index is -0.779. The Morgan fingerprint density at radius 2 is 1.53 bits per heavy atom. The van der Waals surface area contributed by atoms with E-state index in [1.165, 1.54) is 0 Å². The lowest BCUT2D eigenvalue weighted by molar-refractivity contribution is -0.154. The second-order valence-electron chi connectivity index (χ2n) is 8.38. The predicted octanol–water partition coefficient (Wildman–Crippen LogP) is 2.64. The lowest BCUT2D eigenvalue weighted by Gasteiger charge is -2.16. The minimum Gasteiger partial charge on any atom is -0.454 e. The fourth-order valence-electron chi connectivity index (χ4n) is 5.09. The zero-order valence-electron chi connectivity index (χ0n) is 17.3. The van der Waals surface area contributed by atoms with Gasteiger partial charge in [-0.3, -0.25) is 24.1 Å². The molecule has 0 aromatic heterocycles. The molecule has 0 spiro atoms. The van der Waals surface area contributed by atoms with Gasteiger partial charge in [0.15, 0.2) is 6.61 Å². The van der Waals surface area contributed by atoms with Gasteiger partial charge in [-0.15, -0.1) is 0 Å². The molecule has 32 heavy (non-hydrogen) atoms. The molecule has 2 aromatic carbocycles. The molecule has 2 fully saturated rings. The number of imide groups is 1. The first-order chi connectivity index (χ1) is 15.5. The summed E-state index contributed by atoms with van der Waals surface area (Å²) < 4.78 is 5.06. The standard InChI is InChI=1S/C25H22N2O5/c28-20(26-19-9-5-4-8-18(19)15-6-2-1-3-7-15)14-32-21(29)13-27-24(30)22-16-10-11-17(12-16)23(22)25(27)31/h1-11,16-17,22-23H,12-14H2,(H,26,28). The average molecular weight is 430 g/mol. The minimum absolute atomic E-state index is 0.0814. The molecule has 1 aliphatic heterocycles. The van der Waals surface area contributed by atoms with Crippen LogP contribution in [0, 0.1) is 23.7 Å². The van der Waals surface area contributed by atoms with Gasteiger partial charge < -0.3 is 10.1 Å². The third-order valence-electron chi connectivity index (χ3n) is 6.50. The molecule has 4 atom stereocenters. The monoisotopic (exact) mass is 430 g/mol. The third kappa shape index (κ3) is 3.49. The summed E-state index contributed by atoms with van der Waals surface area (Å²) in [6, 6.07) is 16.9. The summed E-state index contributed by atoms with van der Waals surface area (Å²) >= 11 is 0. The zero-order valence-corrected chi connectivity index (χ0v) is 17.3. The summed E-state index contributed by atoms with van der Waals surface area (Å²) in [5, 5.41) is 2.76. The molecule has 3 amide bonds. The van der Waals surface area contributed by atoms with Gasteiger partial charge in [0.2, 0.25) is 11.8 Å². The number of nitrogens with one attached hydrogen (secondary N) is 1. The van der Waals surface area contributed by atoms with Crippen molar-refractivity contribution in [2.24, 2.45) is 23.7 Å². The van der Waals surface area contributed by atoms with Crippen LogP contribution in [0.4, 0.5) is 5.69 Å². The number of ether oxygens (including phenoxy) is 1. The number of carbonyl (C=O) groups is 4. The van der Waals surface area contributed by atoms with Crippen molar-refractivity contribution in [1.82, 2.24) is 4.90 Å². The van der Waals surface area contributed by atoms with E-state index in [0.717, 1.165) is 22.4 Å². The number of rotatable bonds is 6. The number of fused-ring (bicyclic) bond motifs is 5. The summed E-state index contributed by atoms with van der Waals surface area (Å²) in [4.78, 5) is 51.0. The van der Waals surface area contributed by atoms with E-state index in [4.69, 9.17) is 4.74 Å². The molecule has 2 bridgehead atoms. The fraction of sp³-hybridized carbons (Fsp3) is 0.280. The van der Waals surface area contributed by atoms with Crippen molar-refractivity contribution in [2.75, 3.05) is 18.5 Å². The number of amides is 3. The van der Waals surface area contributed by atoms with E-state index < -0.39 is 25.0 Å². The predicted molar refractivity (Wildman–Crippen MR) is 116 cm³/mol. The molecule has 2 aliphatic carbocycles. The molecule has 7 nitrogen and oxygen atoms in total. The van der Waals surface area contributed by atoms with Crippen molar-refractivity contribution in [1.29, 1.82) is 0 Å². The van der Waals surface area contributed by atoms with Gasteiger partial charge in [0.1, 0.15) is 6.54 Å². The molecule has 2 aromatic rings. The van der Waals surface area contributed by atoms with Crippen molar-refractivity contribution in [3.05, 3.63) is 66.7 Å².